The number of rotatable bonds is 6. The second kappa shape index (κ2) is 8.84. The Hall–Kier alpha value is -4.25. The average Bonchev–Trinajstić information content (AvgIpc) is 2.72. The molecule has 0 bridgehead atoms. The van der Waals surface area contributed by atoms with E-state index in [-0.39, 0.29) is 23.6 Å². The first-order chi connectivity index (χ1) is 14.4. The zero-order valence-electron chi connectivity index (χ0n) is 16.0. The van der Waals surface area contributed by atoms with Crippen molar-refractivity contribution in [2.75, 3.05) is 18.1 Å². The van der Waals surface area contributed by atoms with Gasteiger partial charge in [-0.05, 0) is 55.0 Å². The van der Waals surface area contributed by atoms with Gasteiger partial charge in [-0.1, -0.05) is 12.0 Å². The van der Waals surface area contributed by atoms with Crippen molar-refractivity contribution < 1.29 is 29.0 Å². The topological polar surface area (TPSA) is 105 Å². The number of carbonyl (C=O) groups is 3. The number of terminal acetylenes is 1. The van der Waals surface area contributed by atoms with Crippen molar-refractivity contribution in [1.82, 2.24) is 5.32 Å². The monoisotopic (exact) mass is 406 g/mol. The molecule has 0 radical (unpaired) electrons. The van der Waals surface area contributed by atoms with Crippen molar-refractivity contribution in [2.45, 2.75) is 6.92 Å². The van der Waals surface area contributed by atoms with Gasteiger partial charge in [0.25, 0.3) is 11.8 Å². The van der Waals surface area contributed by atoms with E-state index in [9.17, 15) is 19.5 Å². The largest absolute Gasteiger partial charge is 0.508 e. The fraction of sp³-hybridized carbons (Fsp3) is 0.136. The van der Waals surface area contributed by atoms with E-state index in [0.29, 0.717) is 23.7 Å². The SMILES string of the molecule is C#CCOc1ccc(/C=C2\C(=O)NC(=O)N(c3ccc(O)cc3)C2=O)cc1OCC. The highest BCUT2D eigenvalue weighted by Gasteiger charge is 2.36. The fourth-order valence-electron chi connectivity index (χ4n) is 2.78. The summed E-state index contributed by atoms with van der Waals surface area (Å²) in [6.07, 6.45) is 6.56. The zero-order valence-corrected chi connectivity index (χ0v) is 16.0. The summed E-state index contributed by atoms with van der Waals surface area (Å²) in [6, 6.07) is 9.42. The van der Waals surface area contributed by atoms with E-state index in [1.807, 2.05) is 0 Å². The first kappa shape index (κ1) is 20.5. The van der Waals surface area contributed by atoms with Gasteiger partial charge in [-0.3, -0.25) is 14.9 Å². The minimum absolute atomic E-state index is 0.0222. The summed E-state index contributed by atoms with van der Waals surface area (Å²) in [5, 5.41) is 11.6. The van der Waals surface area contributed by atoms with Crippen LogP contribution in [0.2, 0.25) is 0 Å². The van der Waals surface area contributed by atoms with Crippen LogP contribution < -0.4 is 19.7 Å². The Kier molecular flexibility index (Phi) is 6.03. The van der Waals surface area contributed by atoms with Crippen LogP contribution >= 0.6 is 0 Å². The summed E-state index contributed by atoms with van der Waals surface area (Å²) >= 11 is 0. The van der Waals surface area contributed by atoms with Crippen LogP contribution in [0.4, 0.5) is 10.5 Å². The standard InChI is InChI=1S/C22H18N2O6/c1-3-11-30-18-10-5-14(13-19(18)29-4-2)12-17-20(26)23-22(28)24(21(17)27)15-6-8-16(25)9-7-15/h1,5-10,12-13,25H,4,11H2,2H3,(H,23,26,28)/b17-12+. The third-order valence-electron chi connectivity index (χ3n) is 4.10. The van der Waals surface area contributed by atoms with E-state index in [4.69, 9.17) is 15.9 Å². The molecule has 1 fully saturated rings. The summed E-state index contributed by atoms with van der Waals surface area (Å²) in [5.74, 6) is 1.57. The van der Waals surface area contributed by atoms with Gasteiger partial charge < -0.3 is 14.6 Å². The molecule has 30 heavy (non-hydrogen) atoms. The van der Waals surface area contributed by atoms with Crippen LogP contribution in [0, 0.1) is 12.3 Å². The molecular formula is C22H18N2O6. The summed E-state index contributed by atoms with van der Waals surface area (Å²) in [6.45, 7) is 2.23. The number of ether oxygens (including phenoxy) is 2. The highest BCUT2D eigenvalue weighted by molar-refractivity contribution is 6.39. The van der Waals surface area contributed by atoms with Crippen LogP contribution in [0.25, 0.3) is 6.08 Å². The minimum atomic E-state index is -0.874. The number of hydrogen-bond acceptors (Lipinski definition) is 6. The predicted molar refractivity (Wildman–Crippen MR) is 109 cm³/mol. The second-order valence-electron chi connectivity index (χ2n) is 6.11. The van der Waals surface area contributed by atoms with E-state index >= 15 is 0 Å². The molecule has 3 rings (SSSR count). The van der Waals surface area contributed by atoms with Gasteiger partial charge in [0.2, 0.25) is 0 Å². The van der Waals surface area contributed by atoms with E-state index in [1.54, 1.807) is 25.1 Å². The molecule has 0 spiro atoms. The summed E-state index contributed by atoms with van der Waals surface area (Å²) in [5.41, 5.74) is 0.467. The molecule has 0 atom stereocenters. The second-order valence-corrected chi connectivity index (χ2v) is 6.11. The van der Waals surface area contributed by atoms with Crippen molar-refractivity contribution in [2.24, 2.45) is 0 Å². The Morgan fingerprint density at radius 1 is 1.10 bits per heavy atom. The highest BCUT2D eigenvalue weighted by atomic mass is 16.5. The van der Waals surface area contributed by atoms with E-state index in [2.05, 4.69) is 11.2 Å². The van der Waals surface area contributed by atoms with Gasteiger partial charge in [0.15, 0.2) is 11.5 Å². The van der Waals surface area contributed by atoms with Crippen LogP contribution in [0.3, 0.4) is 0 Å². The highest BCUT2D eigenvalue weighted by Crippen LogP contribution is 2.30. The zero-order chi connectivity index (χ0) is 21.7. The smallest absolute Gasteiger partial charge is 0.335 e. The number of anilines is 1. The lowest BCUT2D eigenvalue weighted by Crippen LogP contribution is -2.54. The van der Waals surface area contributed by atoms with Gasteiger partial charge in [0, 0.05) is 0 Å². The van der Waals surface area contributed by atoms with Gasteiger partial charge in [-0.15, -0.1) is 6.42 Å². The van der Waals surface area contributed by atoms with Gasteiger partial charge in [-0.2, -0.15) is 0 Å². The van der Waals surface area contributed by atoms with Gasteiger partial charge in [0.1, 0.15) is 17.9 Å². The summed E-state index contributed by atoms with van der Waals surface area (Å²) in [7, 11) is 0. The molecule has 1 heterocycles. The van der Waals surface area contributed by atoms with Crippen LogP contribution in [0.5, 0.6) is 17.2 Å². The average molecular weight is 406 g/mol. The number of imide groups is 2. The number of carbonyl (C=O) groups excluding carboxylic acids is 3. The molecule has 8 heteroatoms. The molecule has 4 amide bonds. The lowest BCUT2D eigenvalue weighted by Gasteiger charge is -2.26. The molecular weight excluding hydrogens is 388 g/mol. The lowest BCUT2D eigenvalue weighted by atomic mass is 10.1. The Morgan fingerprint density at radius 2 is 1.83 bits per heavy atom. The molecule has 8 nitrogen and oxygen atoms in total. The van der Waals surface area contributed by atoms with Gasteiger partial charge >= 0.3 is 6.03 Å². The third kappa shape index (κ3) is 4.25. The fourth-order valence-corrected chi connectivity index (χ4v) is 2.78. The third-order valence-corrected chi connectivity index (χ3v) is 4.10. The Balaban J connectivity index is 1.96. The molecule has 152 valence electrons. The maximum absolute atomic E-state index is 12.9. The van der Waals surface area contributed by atoms with Crippen molar-refractivity contribution in [3.8, 4) is 29.6 Å². The van der Waals surface area contributed by atoms with Crippen molar-refractivity contribution in [3.63, 3.8) is 0 Å². The van der Waals surface area contributed by atoms with Gasteiger partial charge in [-0.25, -0.2) is 9.69 Å². The number of phenolic OH excluding ortho intramolecular Hbond substituents is 1. The molecule has 2 aromatic rings. The molecule has 2 aromatic carbocycles. The molecule has 1 aliphatic heterocycles. The number of barbiturate groups is 1. The number of nitrogens with zero attached hydrogens (tertiary/aromatic N) is 1. The Labute approximate surface area is 172 Å². The number of amides is 4. The number of phenols is 1. The van der Waals surface area contributed by atoms with E-state index < -0.39 is 17.8 Å². The number of urea groups is 1. The van der Waals surface area contributed by atoms with Crippen molar-refractivity contribution >= 4 is 29.6 Å². The van der Waals surface area contributed by atoms with E-state index in [0.717, 1.165) is 4.90 Å². The number of hydrogen-bond donors (Lipinski definition) is 2. The first-order valence-electron chi connectivity index (χ1n) is 8.98. The molecule has 1 aliphatic rings. The molecule has 0 aromatic heterocycles. The maximum Gasteiger partial charge on any atom is 0.335 e. The Bertz CT molecular complexity index is 1070. The molecule has 0 saturated carbocycles. The van der Waals surface area contributed by atoms with Crippen LogP contribution in [-0.2, 0) is 9.59 Å². The number of nitrogens with one attached hydrogen (secondary N) is 1. The predicted octanol–water partition coefficient (Wildman–Crippen LogP) is 2.47. The summed E-state index contributed by atoms with van der Waals surface area (Å²) < 4.78 is 11.0. The Morgan fingerprint density at radius 3 is 2.50 bits per heavy atom. The van der Waals surface area contributed by atoms with Crippen molar-refractivity contribution in [1.29, 1.82) is 0 Å². The van der Waals surface area contributed by atoms with Gasteiger partial charge in [0.05, 0.1) is 12.3 Å². The molecule has 2 N–H and O–H groups in total. The van der Waals surface area contributed by atoms with Crippen LogP contribution in [-0.4, -0.2) is 36.2 Å². The quantitative estimate of drug-likeness (QED) is 0.434. The number of aromatic hydroxyl groups is 1. The van der Waals surface area contributed by atoms with E-state index in [1.165, 1.54) is 30.3 Å². The van der Waals surface area contributed by atoms with Crippen molar-refractivity contribution in [3.05, 3.63) is 53.6 Å². The van der Waals surface area contributed by atoms with Crippen LogP contribution in [0.15, 0.2) is 48.0 Å². The summed E-state index contributed by atoms with van der Waals surface area (Å²) in [4.78, 5) is 38.2. The normalized spacial score (nSPS) is 15.0. The maximum atomic E-state index is 12.9. The number of benzene rings is 2. The first-order valence-corrected chi connectivity index (χ1v) is 8.98. The molecule has 0 unspecified atom stereocenters. The molecule has 0 aliphatic carbocycles. The molecule has 1 saturated heterocycles. The van der Waals surface area contributed by atoms with Crippen LogP contribution in [0.1, 0.15) is 12.5 Å². The lowest BCUT2D eigenvalue weighted by molar-refractivity contribution is -0.122. The minimum Gasteiger partial charge on any atom is -0.508 e.